The van der Waals surface area contributed by atoms with Crippen molar-refractivity contribution >= 4 is 17.2 Å². The van der Waals surface area contributed by atoms with Crippen LogP contribution in [0.5, 0.6) is 5.75 Å². The fourth-order valence-corrected chi connectivity index (χ4v) is 5.09. The van der Waals surface area contributed by atoms with Crippen molar-refractivity contribution in [3.05, 3.63) is 87.7 Å². The summed E-state index contributed by atoms with van der Waals surface area (Å²) < 4.78 is 20.0. The molecule has 0 fully saturated rings. The van der Waals surface area contributed by atoms with Crippen molar-refractivity contribution in [2.75, 3.05) is 30.9 Å². The number of halogens is 1. The number of nitrogens with two attached hydrogens (primary N) is 2. The summed E-state index contributed by atoms with van der Waals surface area (Å²) in [6, 6.07) is 15.5. The maximum atomic E-state index is 14.2. The van der Waals surface area contributed by atoms with Gasteiger partial charge in [0, 0.05) is 51.0 Å². The van der Waals surface area contributed by atoms with Gasteiger partial charge in [-0.2, -0.15) is 0 Å². The number of para-hydroxylation sites is 1. The molecule has 1 atom stereocenters. The molecule has 1 aliphatic heterocycles. The van der Waals surface area contributed by atoms with Crippen LogP contribution in [0.15, 0.2) is 48.5 Å². The Kier molecular flexibility index (Phi) is 8.15. The zero-order valence-electron chi connectivity index (χ0n) is 22.2. The molecule has 3 aromatic rings. The highest BCUT2D eigenvalue weighted by molar-refractivity contribution is 5.80. The number of ketones is 1. The summed E-state index contributed by atoms with van der Waals surface area (Å²) in [7, 11) is 1.76. The number of aryl methyl sites for hydroxylation is 1. The Balaban J connectivity index is 1.68. The summed E-state index contributed by atoms with van der Waals surface area (Å²) in [4.78, 5) is 15.0. The first kappa shape index (κ1) is 26.6. The van der Waals surface area contributed by atoms with Crippen molar-refractivity contribution in [3.63, 3.8) is 0 Å². The van der Waals surface area contributed by atoms with Gasteiger partial charge in [0.05, 0.1) is 11.4 Å². The minimum absolute atomic E-state index is 0.117. The molecule has 0 aromatic heterocycles. The number of carbonyl (C=O) groups excluding carboxylic acids is 1. The van der Waals surface area contributed by atoms with E-state index >= 15 is 0 Å². The molecular formula is C30H37FN4O2. The normalized spacial score (nSPS) is 14.4. The van der Waals surface area contributed by atoms with Crippen molar-refractivity contribution < 1.29 is 13.9 Å². The molecule has 0 aliphatic carbocycles. The van der Waals surface area contributed by atoms with Crippen LogP contribution < -0.4 is 21.3 Å². The number of ether oxygens (including phenoxy) is 1. The number of rotatable bonds is 8. The second-order valence-electron chi connectivity index (χ2n) is 9.95. The van der Waals surface area contributed by atoms with Crippen LogP contribution in [0, 0.1) is 19.7 Å². The predicted octanol–water partition coefficient (Wildman–Crippen LogP) is 5.23. The molecule has 1 heterocycles. The Morgan fingerprint density at radius 3 is 2.70 bits per heavy atom. The van der Waals surface area contributed by atoms with E-state index in [1.165, 1.54) is 22.2 Å². The van der Waals surface area contributed by atoms with Crippen LogP contribution in [0.3, 0.4) is 0 Å². The van der Waals surface area contributed by atoms with Gasteiger partial charge in [-0.25, -0.2) is 10.2 Å². The third-order valence-corrected chi connectivity index (χ3v) is 7.38. The van der Waals surface area contributed by atoms with Crippen LogP contribution in [0.4, 0.5) is 15.8 Å². The highest BCUT2D eigenvalue weighted by Crippen LogP contribution is 2.37. The second kappa shape index (κ2) is 11.3. The van der Waals surface area contributed by atoms with Gasteiger partial charge in [-0.1, -0.05) is 43.3 Å². The number of hydrazine groups is 1. The lowest BCUT2D eigenvalue weighted by Crippen LogP contribution is -2.26. The van der Waals surface area contributed by atoms with Gasteiger partial charge in [0.1, 0.15) is 12.4 Å². The number of hydrogen-bond donors (Lipinski definition) is 2. The first-order valence-electron chi connectivity index (χ1n) is 12.8. The zero-order chi connectivity index (χ0) is 26.7. The highest BCUT2D eigenvalue weighted by Gasteiger charge is 2.24. The number of hydrogen-bond acceptors (Lipinski definition) is 6. The lowest BCUT2D eigenvalue weighted by atomic mass is 9.82. The maximum absolute atomic E-state index is 14.2. The largest absolute Gasteiger partial charge is 0.489 e. The third kappa shape index (κ3) is 5.78. The summed E-state index contributed by atoms with van der Waals surface area (Å²) in [5.41, 5.74) is 14.1. The number of benzene rings is 3. The van der Waals surface area contributed by atoms with Gasteiger partial charge in [0.15, 0.2) is 11.6 Å². The van der Waals surface area contributed by atoms with E-state index in [0.29, 0.717) is 50.5 Å². The average molecular weight is 505 g/mol. The fourth-order valence-electron chi connectivity index (χ4n) is 5.09. The first-order chi connectivity index (χ1) is 17.7. The second-order valence-corrected chi connectivity index (χ2v) is 9.95. The van der Waals surface area contributed by atoms with Crippen LogP contribution in [-0.2, 0) is 17.9 Å². The van der Waals surface area contributed by atoms with E-state index in [2.05, 4.69) is 30.0 Å². The molecule has 0 bridgehead atoms. The number of Topliss-reactive ketones (excluding diaryl/α,β-unsaturated/α-hetero) is 1. The van der Waals surface area contributed by atoms with Gasteiger partial charge in [-0.3, -0.25) is 9.69 Å². The van der Waals surface area contributed by atoms with Gasteiger partial charge in [0.2, 0.25) is 0 Å². The summed E-state index contributed by atoms with van der Waals surface area (Å²) in [5, 5.41) is 1.51. The standard InChI is InChI=1S/C30H37FN4O2/c1-5-24(36)16-26(25-11-12-28(34(4)33)29(32)20(25)3)21-10-9-19(2)23(15-21)18-35-13-14-37-30-22(17-35)7-6-8-27(30)31/h6-12,15,26H,5,13-14,16-18,32-33H2,1-4H3/t26-/m1/s1. The number of nitrogens with zero attached hydrogens (tertiary/aromatic N) is 2. The lowest BCUT2D eigenvalue weighted by molar-refractivity contribution is -0.118. The Bertz CT molecular complexity index is 1290. The molecule has 0 unspecified atom stereocenters. The van der Waals surface area contributed by atoms with E-state index in [-0.39, 0.29) is 17.5 Å². The summed E-state index contributed by atoms with van der Waals surface area (Å²) >= 11 is 0. The molecule has 0 saturated carbocycles. The number of nitrogen functional groups attached to an aromatic ring is 1. The SMILES string of the molecule is CCC(=O)C[C@H](c1ccc(C)c(CN2CCOc3c(F)cccc3C2)c1)c1ccc(N(C)N)c(N)c1C. The summed E-state index contributed by atoms with van der Waals surface area (Å²) in [6.07, 6.45) is 0.887. The van der Waals surface area contributed by atoms with Gasteiger partial charge < -0.3 is 15.5 Å². The van der Waals surface area contributed by atoms with E-state index < -0.39 is 0 Å². The molecular weight excluding hydrogens is 467 g/mol. The van der Waals surface area contributed by atoms with Crippen molar-refractivity contribution in [1.29, 1.82) is 0 Å². The summed E-state index contributed by atoms with van der Waals surface area (Å²) in [5.74, 6) is 6.09. The lowest BCUT2D eigenvalue weighted by Gasteiger charge is -2.25. The van der Waals surface area contributed by atoms with Crippen LogP contribution >= 0.6 is 0 Å². The van der Waals surface area contributed by atoms with Crippen molar-refractivity contribution in [2.45, 2.75) is 52.6 Å². The Morgan fingerprint density at radius 2 is 1.97 bits per heavy atom. The summed E-state index contributed by atoms with van der Waals surface area (Å²) in [6.45, 7) is 8.42. The van der Waals surface area contributed by atoms with E-state index in [1.54, 1.807) is 13.1 Å². The van der Waals surface area contributed by atoms with E-state index in [4.69, 9.17) is 16.3 Å². The number of anilines is 2. The molecule has 3 aromatic carbocycles. The van der Waals surface area contributed by atoms with Gasteiger partial charge in [0.25, 0.3) is 0 Å². The zero-order valence-corrected chi connectivity index (χ0v) is 22.2. The molecule has 196 valence electrons. The molecule has 6 nitrogen and oxygen atoms in total. The number of fused-ring (bicyclic) bond motifs is 1. The Morgan fingerprint density at radius 1 is 1.19 bits per heavy atom. The van der Waals surface area contributed by atoms with Crippen molar-refractivity contribution in [2.24, 2.45) is 5.84 Å². The monoisotopic (exact) mass is 504 g/mol. The molecule has 7 heteroatoms. The molecule has 4 rings (SSSR count). The third-order valence-electron chi connectivity index (χ3n) is 7.38. The van der Waals surface area contributed by atoms with Crippen LogP contribution in [-0.4, -0.2) is 30.9 Å². The van der Waals surface area contributed by atoms with Gasteiger partial charge in [-0.15, -0.1) is 0 Å². The Labute approximate surface area is 219 Å². The van der Waals surface area contributed by atoms with Gasteiger partial charge >= 0.3 is 0 Å². The Hall–Kier alpha value is -3.42. The van der Waals surface area contributed by atoms with Gasteiger partial charge in [-0.05, 0) is 53.8 Å². The quantitative estimate of drug-likeness (QED) is 0.248. The average Bonchev–Trinajstić information content (AvgIpc) is 3.08. The van der Waals surface area contributed by atoms with Crippen LogP contribution in [0.25, 0.3) is 0 Å². The fraction of sp³-hybridized carbons (Fsp3) is 0.367. The van der Waals surface area contributed by atoms with Crippen LogP contribution in [0.2, 0.25) is 0 Å². The first-order valence-corrected chi connectivity index (χ1v) is 12.8. The van der Waals surface area contributed by atoms with Crippen molar-refractivity contribution in [3.8, 4) is 5.75 Å². The minimum Gasteiger partial charge on any atom is -0.489 e. The highest BCUT2D eigenvalue weighted by atomic mass is 19.1. The predicted molar refractivity (Wildman–Crippen MR) is 147 cm³/mol. The van der Waals surface area contributed by atoms with Crippen LogP contribution in [0.1, 0.15) is 59.1 Å². The maximum Gasteiger partial charge on any atom is 0.165 e. The number of carbonyl (C=O) groups is 1. The van der Waals surface area contributed by atoms with E-state index in [9.17, 15) is 9.18 Å². The van der Waals surface area contributed by atoms with E-state index in [0.717, 1.165) is 27.9 Å². The molecule has 0 spiro atoms. The molecule has 37 heavy (non-hydrogen) atoms. The molecule has 0 amide bonds. The molecule has 1 aliphatic rings. The topological polar surface area (TPSA) is 84.8 Å². The van der Waals surface area contributed by atoms with Crippen molar-refractivity contribution in [1.82, 2.24) is 4.90 Å². The van der Waals surface area contributed by atoms with E-state index in [1.807, 2.05) is 32.0 Å². The minimum atomic E-state index is -0.317. The molecule has 0 radical (unpaired) electrons. The molecule has 4 N–H and O–H groups in total. The molecule has 0 saturated heterocycles. The smallest absolute Gasteiger partial charge is 0.165 e.